The molecule has 0 aromatic heterocycles. The summed E-state index contributed by atoms with van der Waals surface area (Å²) < 4.78 is 0. The van der Waals surface area contributed by atoms with Crippen LogP contribution in [0.15, 0.2) is 0 Å². The van der Waals surface area contributed by atoms with E-state index in [9.17, 15) is 4.79 Å². The molecule has 0 rings (SSSR count). The number of aliphatic hydroxyl groups is 4. The van der Waals surface area contributed by atoms with E-state index in [1.54, 1.807) is 0 Å². The van der Waals surface area contributed by atoms with E-state index in [4.69, 9.17) is 20.4 Å². The monoisotopic (exact) mass is 184 g/mol. The Balaban J connectivity index is -0.0000000453. The molecule has 0 aromatic rings. The van der Waals surface area contributed by atoms with Gasteiger partial charge in [0.15, 0.2) is 0 Å². The molecule has 0 saturated carbocycles. The average Bonchev–Trinajstić information content (AvgIpc) is 2.14. The highest BCUT2D eigenvalue weighted by Crippen LogP contribution is 1.74. The minimum Gasteiger partial charge on any atom is -0.400 e. The first kappa shape index (κ1) is 22.5. The van der Waals surface area contributed by atoms with E-state index in [1.807, 2.05) is 0 Å². The third-order valence-electron chi connectivity index (χ3n) is 0.464. The van der Waals surface area contributed by atoms with Crippen molar-refractivity contribution < 1.29 is 25.2 Å². The van der Waals surface area contributed by atoms with Crippen molar-refractivity contribution in [3.63, 3.8) is 0 Å². The topological polar surface area (TPSA) is 98.0 Å². The highest BCUT2D eigenvalue weighted by molar-refractivity contribution is 5.75. The van der Waals surface area contributed by atoms with Gasteiger partial charge in [-0.15, -0.1) is 0 Å². The van der Waals surface area contributed by atoms with E-state index in [2.05, 4.69) is 0 Å². The number of carbonyl (C=O) groups excluding carboxylic acids is 1. The van der Waals surface area contributed by atoms with Crippen LogP contribution in [0.3, 0.4) is 0 Å². The lowest BCUT2D eigenvalue weighted by molar-refractivity contribution is -0.117. The van der Waals surface area contributed by atoms with E-state index in [-0.39, 0.29) is 12.4 Å². The second-order valence-electron chi connectivity index (χ2n) is 1.18. The third kappa shape index (κ3) is 109. The Morgan fingerprint density at radius 1 is 1.00 bits per heavy atom. The molecular weight excluding hydrogens is 164 g/mol. The van der Waals surface area contributed by atoms with E-state index in [0.29, 0.717) is 6.42 Å². The summed E-state index contributed by atoms with van der Waals surface area (Å²) in [6, 6.07) is 0. The first-order chi connectivity index (χ1) is 5.77. The Morgan fingerprint density at radius 3 is 1.25 bits per heavy atom. The Morgan fingerprint density at radius 2 is 1.25 bits per heavy atom. The summed E-state index contributed by atoms with van der Waals surface area (Å²) >= 11 is 0. The fourth-order valence-corrected chi connectivity index (χ4v) is 0.157. The summed E-state index contributed by atoms with van der Waals surface area (Å²) in [5.74, 6) is 0.0394. The van der Waals surface area contributed by atoms with Crippen molar-refractivity contribution >= 4 is 5.78 Å². The molecular formula is C7H20O5. The number of Topliss-reactive ketones (excluding diaryl/α,β-unsaturated/α-hetero) is 1. The number of rotatable bonds is 2. The fourth-order valence-electron chi connectivity index (χ4n) is 0.157. The van der Waals surface area contributed by atoms with Gasteiger partial charge in [0.05, 0.1) is 0 Å². The highest BCUT2D eigenvalue weighted by atomic mass is 16.3. The number of carbonyl (C=O) groups is 1. The normalized spacial score (nSPS) is 5.67. The van der Waals surface area contributed by atoms with Crippen molar-refractivity contribution in [2.75, 3.05) is 27.9 Å². The van der Waals surface area contributed by atoms with E-state index in [1.165, 1.54) is 6.92 Å². The first-order valence-electron chi connectivity index (χ1n) is 3.22. The summed E-state index contributed by atoms with van der Waals surface area (Å²) in [5, 5.41) is 29.0. The maximum Gasteiger partial charge on any atom is 0.132 e. The molecule has 0 atom stereocenters. The van der Waals surface area contributed by atoms with Gasteiger partial charge in [0.2, 0.25) is 0 Å². The highest BCUT2D eigenvalue weighted by Gasteiger charge is 1.84. The number of hydrogen-bond donors (Lipinski definition) is 4. The smallest absolute Gasteiger partial charge is 0.132 e. The molecule has 0 spiro atoms. The Bertz CT molecular complexity index is 55.8. The summed E-state index contributed by atoms with van der Waals surface area (Å²) in [5.41, 5.74) is 0. The number of ketones is 1. The van der Waals surface area contributed by atoms with Crippen LogP contribution in [0.5, 0.6) is 0 Å². The number of aliphatic hydroxyl groups excluding tert-OH is 4. The minimum absolute atomic E-state index is 0.0185. The summed E-state index contributed by atoms with van der Waals surface area (Å²) in [6.07, 6.45) is 0.292. The lowest BCUT2D eigenvalue weighted by Gasteiger charge is -1.80. The maximum atomic E-state index is 9.88. The molecule has 0 aromatic carbocycles. The quantitative estimate of drug-likeness (QED) is 0.431. The molecule has 5 heteroatoms. The molecule has 0 amide bonds. The zero-order valence-corrected chi connectivity index (χ0v) is 8.11. The standard InChI is InChI=1S/C4H8O2.3CH4O/c1-4(6)2-3-5;3*1-2/h5H,2-3H2,1H3;3*2H,1H3. The van der Waals surface area contributed by atoms with Crippen molar-refractivity contribution in [2.45, 2.75) is 13.3 Å². The molecule has 78 valence electrons. The number of hydrogen-bond acceptors (Lipinski definition) is 5. The van der Waals surface area contributed by atoms with Crippen LogP contribution in [0.1, 0.15) is 13.3 Å². The second-order valence-corrected chi connectivity index (χ2v) is 1.18. The van der Waals surface area contributed by atoms with Gasteiger partial charge in [-0.1, -0.05) is 0 Å². The van der Waals surface area contributed by atoms with E-state index < -0.39 is 0 Å². The predicted molar refractivity (Wildman–Crippen MR) is 46.8 cm³/mol. The lowest BCUT2D eigenvalue weighted by atomic mass is 10.3. The van der Waals surface area contributed by atoms with Gasteiger partial charge in [0.1, 0.15) is 5.78 Å². The van der Waals surface area contributed by atoms with Gasteiger partial charge in [-0.05, 0) is 6.92 Å². The largest absolute Gasteiger partial charge is 0.400 e. The van der Waals surface area contributed by atoms with Gasteiger partial charge >= 0.3 is 0 Å². The summed E-state index contributed by atoms with van der Waals surface area (Å²) in [6.45, 7) is 1.44. The summed E-state index contributed by atoms with van der Waals surface area (Å²) in [4.78, 5) is 9.88. The predicted octanol–water partition coefficient (Wildman–Crippen LogP) is -1.22. The molecule has 0 saturated heterocycles. The Hall–Kier alpha value is -0.490. The van der Waals surface area contributed by atoms with Crippen LogP contribution in [-0.4, -0.2) is 54.1 Å². The van der Waals surface area contributed by atoms with Crippen LogP contribution >= 0.6 is 0 Å². The van der Waals surface area contributed by atoms with Crippen LogP contribution in [0.2, 0.25) is 0 Å². The van der Waals surface area contributed by atoms with Gasteiger partial charge in [-0.2, -0.15) is 0 Å². The van der Waals surface area contributed by atoms with Crippen LogP contribution in [0.4, 0.5) is 0 Å². The van der Waals surface area contributed by atoms with Crippen LogP contribution in [0, 0.1) is 0 Å². The first-order valence-corrected chi connectivity index (χ1v) is 3.22. The maximum absolute atomic E-state index is 9.88. The molecule has 0 aliphatic rings. The molecule has 0 radical (unpaired) electrons. The SMILES string of the molecule is CC(=O)CCO.CO.CO.CO. The molecule has 0 fully saturated rings. The fraction of sp³-hybridized carbons (Fsp3) is 0.857. The molecule has 0 aliphatic carbocycles. The van der Waals surface area contributed by atoms with Gasteiger partial charge in [-0.25, -0.2) is 0 Å². The van der Waals surface area contributed by atoms with Crippen LogP contribution in [-0.2, 0) is 4.79 Å². The van der Waals surface area contributed by atoms with Crippen molar-refractivity contribution in [1.82, 2.24) is 0 Å². The Kier molecular flexibility index (Phi) is 87.8. The van der Waals surface area contributed by atoms with Crippen molar-refractivity contribution in [3.05, 3.63) is 0 Å². The van der Waals surface area contributed by atoms with Gasteiger partial charge in [0, 0.05) is 34.4 Å². The molecule has 0 aliphatic heterocycles. The van der Waals surface area contributed by atoms with Crippen LogP contribution in [0.25, 0.3) is 0 Å². The van der Waals surface area contributed by atoms with E-state index in [0.717, 1.165) is 21.3 Å². The summed E-state index contributed by atoms with van der Waals surface area (Å²) in [7, 11) is 3.00. The minimum atomic E-state index is -0.0185. The van der Waals surface area contributed by atoms with Gasteiger partial charge < -0.3 is 20.4 Å². The van der Waals surface area contributed by atoms with Crippen molar-refractivity contribution in [3.8, 4) is 0 Å². The molecule has 0 bridgehead atoms. The molecule has 0 heterocycles. The van der Waals surface area contributed by atoms with Gasteiger partial charge in [-0.3, -0.25) is 4.79 Å². The Labute approximate surface area is 73.3 Å². The molecule has 4 N–H and O–H groups in total. The van der Waals surface area contributed by atoms with E-state index >= 15 is 0 Å². The average molecular weight is 184 g/mol. The van der Waals surface area contributed by atoms with Crippen molar-refractivity contribution in [2.24, 2.45) is 0 Å². The van der Waals surface area contributed by atoms with Crippen LogP contribution < -0.4 is 0 Å². The molecule has 5 nitrogen and oxygen atoms in total. The lowest BCUT2D eigenvalue weighted by Crippen LogP contribution is -1.92. The molecule has 12 heavy (non-hydrogen) atoms. The molecule has 0 unspecified atom stereocenters. The zero-order chi connectivity index (χ0) is 11.0. The van der Waals surface area contributed by atoms with Crippen molar-refractivity contribution in [1.29, 1.82) is 0 Å². The second kappa shape index (κ2) is 46.7. The van der Waals surface area contributed by atoms with Gasteiger partial charge in [0.25, 0.3) is 0 Å². The third-order valence-corrected chi connectivity index (χ3v) is 0.464. The zero-order valence-electron chi connectivity index (χ0n) is 8.11.